The molecule has 12 heavy (non-hydrogen) atoms. The Balaban J connectivity index is 2.22. The number of rotatable bonds is 2. The van der Waals surface area contributed by atoms with Crippen LogP contribution in [0.4, 0.5) is 0 Å². The van der Waals surface area contributed by atoms with E-state index < -0.39 is 17.4 Å². The van der Waals surface area contributed by atoms with Crippen LogP contribution >= 0.6 is 0 Å². The predicted molar refractivity (Wildman–Crippen MR) is 42.4 cm³/mol. The predicted octanol–water partition coefficient (Wildman–Crippen LogP) is -1.02. The van der Waals surface area contributed by atoms with Crippen LogP contribution in [0.2, 0.25) is 0 Å². The van der Waals surface area contributed by atoms with Crippen LogP contribution in [0.15, 0.2) is 12.2 Å². The fourth-order valence-corrected chi connectivity index (χ4v) is 1.70. The molecular formula is C8H13NO3. The number of aliphatic hydroxyl groups excluding tert-OH is 1. The van der Waals surface area contributed by atoms with Crippen LogP contribution in [-0.4, -0.2) is 40.8 Å². The Morgan fingerprint density at radius 3 is 2.50 bits per heavy atom. The summed E-state index contributed by atoms with van der Waals surface area (Å²) >= 11 is 0. The van der Waals surface area contributed by atoms with Crippen LogP contribution < -0.4 is 5.32 Å². The SMILES string of the molecule is CNC12C=CC(O)(C(C)O)C1O2. The molecule has 1 aliphatic carbocycles. The molecule has 2 aliphatic rings. The number of nitrogens with one attached hydrogen (secondary N) is 1. The molecular weight excluding hydrogens is 158 g/mol. The van der Waals surface area contributed by atoms with Gasteiger partial charge in [-0.25, -0.2) is 0 Å². The zero-order chi connectivity index (χ0) is 8.98. The summed E-state index contributed by atoms with van der Waals surface area (Å²) in [4.78, 5) is 0. The first kappa shape index (κ1) is 8.19. The number of epoxide rings is 1. The number of aliphatic hydroxyl groups is 2. The summed E-state index contributed by atoms with van der Waals surface area (Å²) in [6.07, 6.45) is 2.21. The van der Waals surface area contributed by atoms with Gasteiger partial charge in [0.2, 0.25) is 0 Å². The Morgan fingerprint density at radius 2 is 2.25 bits per heavy atom. The molecule has 0 aromatic heterocycles. The molecule has 0 spiro atoms. The van der Waals surface area contributed by atoms with Crippen molar-refractivity contribution < 1.29 is 14.9 Å². The molecule has 0 radical (unpaired) electrons. The first-order chi connectivity index (χ1) is 5.55. The highest BCUT2D eigenvalue weighted by atomic mass is 16.6. The zero-order valence-electron chi connectivity index (χ0n) is 7.11. The molecule has 0 saturated carbocycles. The van der Waals surface area contributed by atoms with Crippen LogP contribution in [-0.2, 0) is 4.74 Å². The zero-order valence-corrected chi connectivity index (χ0v) is 7.11. The summed E-state index contributed by atoms with van der Waals surface area (Å²) in [5.74, 6) is 0. The highest BCUT2D eigenvalue weighted by Crippen LogP contribution is 2.49. The van der Waals surface area contributed by atoms with Crippen molar-refractivity contribution in [1.29, 1.82) is 0 Å². The van der Waals surface area contributed by atoms with Gasteiger partial charge in [0.05, 0.1) is 6.10 Å². The fourth-order valence-electron chi connectivity index (χ4n) is 1.70. The molecule has 1 heterocycles. The molecule has 4 atom stereocenters. The lowest BCUT2D eigenvalue weighted by molar-refractivity contribution is -0.0459. The number of hydrogen-bond acceptors (Lipinski definition) is 4. The number of ether oxygens (including phenoxy) is 1. The Bertz CT molecular complexity index is 240. The minimum absolute atomic E-state index is 0.338. The van der Waals surface area contributed by atoms with Crippen molar-refractivity contribution in [2.45, 2.75) is 30.5 Å². The summed E-state index contributed by atoms with van der Waals surface area (Å²) in [5, 5.41) is 22.1. The van der Waals surface area contributed by atoms with E-state index in [9.17, 15) is 10.2 Å². The van der Waals surface area contributed by atoms with Gasteiger partial charge in [-0.15, -0.1) is 0 Å². The number of hydrogen-bond donors (Lipinski definition) is 3. The molecule has 1 aliphatic heterocycles. The van der Waals surface area contributed by atoms with E-state index in [2.05, 4.69) is 5.32 Å². The summed E-state index contributed by atoms with van der Waals surface area (Å²) < 4.78 is 5.26. The van der Waals surface area contributed by atoms with E-state index in [4.69, 9.17) is 4.74 Å². The van der Waals surface area contributed by atoms with Crippen molar-refractivity contribution in [1.82, 2.24) is 5.32 Å². The van der Waals surface area contributed by atoms with Gasteiger partial charge in [-0.2, -0.15) is 0 Å². The standard InChI is InChI=1S/C8H13NO3/c1-5(10)7(11)3-4-8(9-2)6(7)12-8/h3-6,9-11H,1-2H3. The highest BCUT2D eigenvalue weighted by Gasteiger charge is 2.68. The largest absolute Gasteiger partial charge is 0.390 e. The maximum Gasteiger partial charge on any atom is 0.168 e. The van der Waals surface area contributed by atoms with Crippen molar-refractivity contribution in [2.24, 2.45) is 0 Å². The Labute approximate surface area is 70.8 Å². The summed E-state index contributed by atoms with van der Waals surface area (Å²) in [6.45, 7) is 1.55. The second-order valence-electron chi connectivity index (χ2n) is 3.44. The maximum atomic E-state index is 9.87. The highest BCUT2D eigenvalue weighted by molar-refractivity contribution is 5.34. The van der Waals surface area contributed by atoms with Crippen molar-refractivity contribution in [3.63, 3.8) is 0 Å². The minimum Gasteiger partial charge on any atom is -0.390 e. The van der Waals surface area contributed by atoms with Crippen molar-refractivity contribution >= 4 is 0 Å². The molecule has 2 rings (SSSR count). The molecule has 0 amide bonds. The quantitative estimate of drug-likeness (QED) is 0.367. The monoisotopic (exact) mass is 171 g/mol. The van der Waals surface area contributed by atoms with E-state index >= 15 is 0 Å². The molecule has 4 heteroatoms. The third-order valence-corrected chi connectivity index (χ3v) is 2.72. The third-order valence-electron chi connectivity index (χ3n) is 2.72. The fraction of sp³-hybridized carbons (Fsp3) is 0.750. The molecule has 0 aromatic carbocycles. The van der Waals surface area contributed by atoms with Crippen LogP contribution in [0, 0.1) is 0 Å². The molecule has 0 bridgehead atoms. The number of fused-ring (bicyclic) bond motifs is 1. The Morgan fingerprint density at radius 1 is 1.58 bits per heavy atom. The van der Waals surface area contributed by atoms with E-state index in [0.717, 1.165) is 0 Å². The average molecular weight is 171 g/mol. The minimum atomic E-state index is -1.22. The molecule has 4 nitrogen and oxygen atoms in total. The lowest BCUT2D eigenvalue weighted by atomic mass is 9.96. The topological polar surface area (TPSA) is 65.0 Å². The summed E-state index contributed by atoms with van der Waals surface area (Å²) in [5.41, 5.74) is -1.74. The average Bonchev–Trinajstić information content (AvgIpc) is 2.70. The van der Waals surface area contributed by atoms with Crippen molar-refractivity contribution in [3.8, 4) is 0 Å². The molecule has 1 saturated heterocycles. The van der Waals surface area contributed by atoms with Gasteiger partial charge < -0.3 is 14.9 Å². The molecule has 0 aromatic rings. The second-order valence-corrected chi connectivity index (χ2v) is 3.44. The molecule has 4 unspecified atom stereocenters. The lowest BCUT2D eigenvalue weighted by Crippen LogP contribution is -2.44. The Kier molecular flexibility index (Phi) is 1.42. The summed E-state index contributed by atoms with van der Waals surface area (Å²) in [7, 11) is 1.76. The normalized spacial score (nSPS) is 52.2. The van der Waals surface area contributed by atoms with Gasteiger partial charge in [0.15, 0.2) is 5.72 Å². The van der Waals surface area contributed by atoms with E-state index in [1.54, 1.807) is 26.1 Å². The van der Waals surface area contributed by atoms with E-state index in [0.29, 0.717) is 0 Å². The van der Waals surface area contributed by atoms with Gasteiger partial charge in [-0.1, -0.05) is 0 Å². The van der Waals surface area contributed by atoms with Gasteiger partial charge in [0.25, 0.3) is 0 Å². The van der Waals surface area contributed by atoms with Crippen molar-refractivity contribution in [2.75, 3.05) is 7.05 Å². The van der Waals surface area contributed by atoms with Crippen molar-refractivity contribution in [3.05, 3.63) is 12.2 Å². The van der Waals surface area contributed by atoms with Crippen LogP contribution in [0.1, 0.15) is 6.92 Å². The smallest absolute Gasteiger partial charge is 0.168 e. The first-order valence-corrected chi connectivity index (χ1v) is 4.03. The Hall–Kier alpha value is -0.420. The lowest BCUT2D eigenvalue weighted by Gasteiger charge is -2.23. The molecule has 1 fully saturated rings. The van der Waals surface area contributed by atoms with Gasteiger partial charge in [0, 0.05) is 0 Å². The van der Waals surface area contributed by atoms with Crippen LogP contribution in [0.5, 0.6) is 0 Å². The maximum absolute atomic E-state index is 9.87. The molecule has 68 valence electrons. The van der Waals surface area contributed by atoms with Crippen LogP contribution in [0.25, 0.3) is 0 Å². The van der Waals surface area contributed by atoms with Crippen LogP contribution in [0.3, 0.4) is 0 Å². The van der Waals surface area contributed by atoms with E-state index in [1.807, 2.05) is 0 Å². The molecule has 3 N–H and O–H groups in total. The third kappa shape index (κ3) is 0.754. The van der Waals surface area contributed by atoms with Gasteiger partial charge in [-0.05, 0) is 26.1 Å². The van der Waals surface area contributed by atoms with Gasteiger partial charge in [0.1, 0.15) is 11.7 Å². The second kappa shape index (κ2) is 2.09. The number of likely N-dealkylation sites (N-methyl/N-ethyl adjacent to an activating group) is 1. The van der Waals surface area contributed by atoms with Gasteiger partial charge in [-0.3, -0.25) is 5.32 Å². The van der Waals surface area contributed by atoms with E-state index in [-0.39, 0.29) is 6.10 Å². The van der Waals surface area contributed by atoms with E-state index in [1.165, 1.54) is 0 Å². The van der Waals surface area contributed by atoms with Gasteiger partial charge >= 0.3 is 0 Å². The first-order valence-electron chi connectivity index (χ1n) is 4.03. The summed E-state index contributed by atoms with van der Waals surface area (Å²) in [6, 6.07) is 0.